The Hall–Kier alpha value is -0.730. The van der Waals surface area contributed by atoms with Gasteiger partial charge in [-0.3, -0.25) is 4.79 Å². The monoisotopic (exact) mass is 624 g/mol. The number of rotatable bonds is 25. The summed E-state index contributed by atoms with van der Waals surface area (Å²) >= 11 is 0. The second-order valence-corrected chi connectivity index (χ2v) is 14.3. The Labute approximate surface area is 269 Å². The van der Waals surface area contributed by atoms with E-state index in [9.17, 15) is 20.1 Å². The third-order valence-electron chi connectivity index (χ3n) is 10.6. The van der Waals surface area contributed by atoms with Gasteiger partial charge in [0.1, 0.15) is 12.2 Å². The fourth-order valence-electron chi connectivity index (χ4n) is 7.58. The molecule has 44 heavy (non-hydrogen) atoms. The second kappa shape index (κ2) is 22.0. The molecular formula is C37H68O7. The number of hydrogen-bond acceptors (Lipinski definition) is 7. The summed E-state index contributed by atoms with van der Waals surface area (Å²) in [7, 11) is 0. The Morgan fingerprint density at radius 2 is 1.05 bits per heavy atom. The molecule has 0 aromatic rings. The summed E-state index contributed by atoms with van der Waals surface area (Å²) in [5.41, 5.74) is 0. The maximum absolute atomic E-state index is 11.7. The number of carbonyl (C=O) groups is 1. The van der Waals surface area contributed by atoms with E-state index in [2.05, 4.69) is 6.92 Å². The molecule has 0 spiro atoms. The molecule has 0 aromatic heterocycles. The molecule has 3 N–H and O–H groups in total. The number of aliphatic hydroxyl groups excluding tert-OH is 3. The SMILES string of the molecule is CCCCCCCCCC[C@@H](O)[C@H]1CC[C@H]([C@H]2CC[C@H]([C@H](O)CCCCCCCCCCCC[C@@H]3C(=O)O[C@@H](C)[C@@H]3O)O2)O1. The van der Waals surface area contributed by atoms with Gasteiger partial charge in [-0.1, -0.05) is 122 Å². The smallest absolute Gasteiger partial charge is 0.312 e. The third kappa shape index (κ3) is 13.6. The van der Waals surface area contributed by atoms with E-state index in [-0.39, 0.29) is 54.6 Å². The molecule has 0 aromatic carbocycles. The number of carbonyl (C=O) groups excluding carboxylic acids is 1. The molecule has 3 rings (SSSR count). The van der Waals surface area contributed by atoms with E-state index < -0.39 is 6.10 Å². The summed E-state index contributed by atoms with van der Waals surface area (Å²) in [6, 6.07) is 0. The molecule has 9 atom stereocenters. The highest BCUT2D eigenvalue weighted by molar-refractivity contribution is 5.75. The lowest BCUT2D eigenvalue weighted by atomic mass is 9.95. The van der Waals surface area contributed by atoms with Crippen LogP contribution in [0.25, 0.3) is 0 Å². The molecule has 3 aliphatic heterocycles. The van der Waals surface area contributed by atoms with Gasteiger partial charge in [0.15, 0.2) is 0 Å². The van der Waals surface area contributed by atoms with E-state index in [1.807, 2.05) is 0 Å². The standard InChI is InChI=1S/C37H68O7/c1-3-4-5-6-7-13-16-19-22-30(38)32-24-26-34(43-32)35-27-25-33(44-35)31(39)23-20-17-14-11-9-8-10-12-15-18-21-29-36(40)28(2)42-37(29)41/h28-36,38-40H,3-27H2,1-2H3/t28-,29-,30+,31+,32+,33+,34+,35+,36-/m0/s1. The van der Waals surface area contributed by atoms with Crippen molar-refractivity contribution in [2.24, 2.45) is 5.92 Å². The number of esters is 1. The van der Waals surface area contributed by atoms with Crippen molar-refractivity contribution in [1.29, 1.82) is 0 Å². The zero-order valence-electron chi connectivity index (χ0n) is 28.3. The van der Waals surface area contributed by atoms with Crippen LogP contribution >= 0.6 is 0 Å². The van der Waals surface area contributed by atoms with Gasteiger partial charge in [0.05, 0.1) is 42.5 Å². The average molecular weight is 625 g/mol. The molecule has 258 valence electrons. The van der Waals surface area contributed by atoms with Crippen LogP contribution in [-0.4, -0.2) is 70.1 Å². The minimum absolute atomic E-state index is 0.0554. The van der Waals surface area contributed by atoms with Gasteiger partial charge in [0, 0.05) is 0 Å². The lowest BCUT2D eigenvalue weighted by Gasteiger charge is -2.24. The summed E-state index contributed by atoms with van der Waals surface area (Å²) in [6.07, 6.45) is 26.3. The Bertz CT molecular complexity index is 747. The van der Waals surface area contributed by atoms with Crippen molar-refractivity contribution in [2.75, 3.05) is 0 Å². The van der Waals surface area contributed by atoms with Crippen molar-refractivity contribution < 1.29 is 34.3 Å². The summed E-state index contributed by atoms with van der Waals surface area (Å²) in [5.74, 6) is -0.557. The molecule has 0 unspecified atom stereocenters. The molecule has 7 heteroatoms. The Morgan fingerprint density at radius 1 is 0.636 bits per heavy atom. The van der Waals surface area contributed by atoms with Crippen LogP contribution in [0.2, 0.25) is 0 Å². The molecule has 3 saturated heterocycles. The van der Waals surface area contributed by atoms with E-state index in [0.717, 1.165) is 77.0 Å². The number of cyclic esters (lactones) is 1. The van der Waals surface area contributed by atoms with Gasteiger partial charge in [0.2, 0.25) is 0 Å². The summed E-state index contributed by atoms with van der Waals surface area (Å²) < 4.78 is 17.7. The van der Waals surface area contributed by atoms with Crippen molar-refractivity contribution in [3.63, 3.8) is 0 Å². The topological polar surface area (TPSA) is 105 Å². The quantitative estimate of drug-likeness (QED) is 0.0699. The predicted octanol–water partition coefficient (Wildman–Crippen LogP) is 7.94. The van der Waals surface area contributed by atoms with Crippen molar-refractivity contribution >= 4 is 5.97 Å². The van der Waals surface area contributed by atoms with Crippen LogP contribution in [0.4, 0.5) is 0 Å². The second-order valence-electron chi connectivity index (χ2n) is 14.3. The maximum Gasteiger partial charge on any atom is 0.312 e. The predicted molar refractivity (Wildman–Crippen MR) is 175 cm³/mol. The molecule has 0 saturated carbocycles. The van der Waals surface area contributed by atoms with Crippen LogP contribution in [0, 0.1) is 5.92 Å². The van der Waals surface area contributed by atoms with Crippen molar-refractivity contribution in [3.8, 4) is 0 Å². The van der Waals surface area contributed by atoms with Gasteiger partial charge in [-0.25, -0.2) is 0 Å². The zero-order chi connectivity index (χ0) is 31.6. The van der Waals surface area contributed by atoms with Crippen molar-refractivity contribution in [3.05, 3.63) is 0 Å². The van der Waals surface area contributed by atoms with Gasteiger partial charge < -0.3 is 29.5 Å². The van der Waals surface area contributed by atoms with Crippen LogP contribution in [0.1, 0.15) is 174 Å². The first kappa shape index (κ1) is 37.7. The summed E-state index contributed by atoms with van der Waals surface area (Å²) in [5, 5.41) is 31.5. The minimum Gasteiger partial charge on any atom is -0.460 e. The van der Waals surface area contributed by atoms with Gasteiger partial charge in [-0.2, -0.15) is 0 Å². The lowest BCUT2D eigenvalue weighted by Crippen LogP contribution is -2.33. The number of unbranched alkanes of at least 4 members (excludes halogenated alkanes) is 16. The van der Waals surface area contributed by atoms with Crippen LogP contribution in [0.3, 0.4) is 0 Å². The molecule has 0 bridgehead atoms. The highest BCUT2D eigenvalue weighted by atomic mass is 16.6. The van der Waals surface area contributed by atoms with Gasteiger partial charge in [-0.15, -0.1) is 0 Å². The van der Waals surface area contributed by atoms with E-state index in [1.54, 1.807) is 6.92 Å². The molecule has 0 amide bonds. The molecule has 0 radical (unpaired) electrons. The average Bonchev–Trinajstić information content (AvgIpc) is 3.75. The summed E-state index contributed by atoms with van der Waals surface area (Å²) in [4.78, 5) is 11.7. The number of aliphatic hydroxyl groups is 3. The normalized spacial score (nSPS) is 30.2. The Morgan fingerprint density at radius 3 is 1.45 bits per heavy atom. The highest BCUT2D eigenvalue weighted by Gasteiger charge is 2.41. The first-order chi connectivity index (χ1) is 21.4. The van der Waals surface area contributed by atoms with Crippen molar-refractivity contribution in [2.45, 2.75) is 223 Å². The Kier molecular flexibility index (Phi) is 18.8. The molecule has 0 aliphatic carbocycles. The van der Waals surface area contributed by atoms with E-state index in [0.29, 0.717) is 0 Å². The molecular weight excluding hydrogens is 556 g/mol. The first-order valence-electron chi connectivity index (χ1n) is 19.0. The third-order valence-corrected chi connectivity index (χ3v) is 10.6. The lowest BCUT2D eigenvalue weighted by molar-refractivity contribution is -0.143. The molecule has 3 aliphatic rings. The van der Waals surface area contributed by atoms with Crippen LogP contribution in [0.5, 0.6) is 0 Å². The van der Waals surface area contributed by atoms with Crippen LogP contribution in [-0.2, 0) is 19.0 Å². The highest BCUT2D eigenvalue weighted by Crippen LogP contribution is 2.35. The zero-order valence-corrected chi connectivity index (χ0v) is 28.3. The van der Waals surface area contributed by atoms with E-state index in [4.69, 9.17) is 14.2 Å². The van der Waals surface area contributed by atoms with E-state index >= 15 is 0 Å². The maximum atomic E-state index is 11.7. The van der Waals surface area contributed by atoms with Crippen LogP contribution in [0.15, 0.2) is 0 Å². The largest absolute Gasteiger partial charge is 0.460 e. The molecule has 3 heterocycles. The van der Waals surface area contributed by atoms with E-state index in [1.165, 1.54) is 83.5 Å². The van der Waals surface area contributed by atoms with Gasteiger partial charge in [-0.05, 0) is 51.9 Å². The van der Waals surface area contributed by atoms with Gasteiger partial charge >= 0.3 is 5.97 Å². The van der Waals surface area contributed by atoms with Crippen LogP contribution < -0.4 is 0 Å². The minimum atomic E-state index is -0.638. The first-order valence-corrected chi connectivity index (χ1v) is 19.0. The van der Waals surface area contributed by atoms with Gasteiger partial charge in [0.25, 0.3) is 0 Å². The van der Waals surface area contributed by atoms with Crippen molar-refractivity contribution in [1.82, 2.24) is 0 Å². The molecule has 7 nitrogen and oxygen atoms in total. The Balaban J connectivity index is 1.11. The number of hydrogen-bond donors (Lipinski definition) is 3. The summed E-state index contributed by atoms with van der Waals surface area (Å²) in [6.45, 7) is 4.02. The molecule has 3 fully saturated rings. The fourth-order valence-corrected chi connectivity index (χ4v) is 7.58. The fraction of sp³-hybridized carbons (Fsp3) is 0.973. The number of ether oxygens (including phenoxy) is 3.